The van der Waals surface area contributed by atoms with Gasteiger partial charge in [0.2, 0.25) is 0 Å². The smallest absolute Gasteiger partial charge is 0.251 e. The van der Waals surface area contributed by atoms with Gasteiger partial charge in [0.05, 0.1) is 5.56 Å². The SMILES string of the molecule is NC(=O)c1cc(Cl)ccc1N=O. The Labute approximate surface area is 73.3 Å². The maximum absolute atomic E-state index is 10.7. The monoisotopic (exact) mass is 184 g/mol. The maximum Gasteiger partial charge on any atom is 0.251 e. The molecule has 0 aliphatic carbocycles. The number of halogens is 1. The molecule has 0 aromatic heterocycles. The van der Waals surface area contributed by atoms with Crippen molar-refractivity contribution in [2.24, 2.45) is 10.9 Å². The summed E-state index contributed by atoms with van der Waals surface area (Å²) in [7, 11) is 0. The van der Waals surface area contributed by atoms with Crippen LogP contribution in [0.15, 0.2) is 23.4 Å². The third kappa shape index (κ3) is 1.60. The molecule has 1 amide bonds. The van der Waals surface area contributed by atoms with E-state index < -0.39 is 5.91 Å². The first-order valence-electron chi connectivity index (χ1n) is 3.08. The van der Waals surface area contributed by atoms with Crippen LogP contribution in [0.4, 0.5) is 5.69 Å². The lowest BCUT2D eigenvalue weighted by Gasteiger charge is -1.97. The van der Waals surface area contributed by atoms with E-state index in [-0.39, 0.29) is 11.3 Å². The van der Waals surface area contributed by atoms with E-state index in [4.69, 9.17) is 17.3 Å². The lowest BCUT2D eigenvalue weighted by Crippen LogP contribution is -2.10. The minimum absolute atomic E-state index is 0.00639. The van der Waals surface area contributed by atoms with Gasteiger partial charge in [-0.3, -0.25) is 4.79 Å². The van der Waals surface area contributed by atoms with E-state index in [1.807, 2.05) is 0 Å². The van der Waals surface area contributed by atoms with Crippen molar-refractivity contribution in [2.75, 3.05) is 0 Å². The van der Waals surface area contributed by atoms with Crippen molar-refractivity contribution in [1.29, 1.82) is 0 Å². The molecule has 0 heterocycles. The fraction of sp³-hybridized carbons (Fsp3) is 0. The molecule has 2 N–H and O–H groups in total. The maximum atomic E-state index is 10.7. The first kappa shape index (κ1) is 8.67. The molecular formula is C7H5ClN2O2. The minimum Gasteiger partial charge on any atom is -0.366 e. The van der Waals surface area contributed by atoms with Crippen LogP contribution in [-0.4, -0.2) is 5.91 Å². The van der Waals surface area contributed by atoms with Crippen LogP contribution >= 0.6 is 11.6 Å². The highest BCUT2D eigenvalue weighted by Crippen LogP contribution is 2.22. The number of amides is 1. The van der Waals surface area contributed by atoms with Crippen LogP contribution in [0.2, 0.25) is 5.02 Å². The fourth-order valence-electron chi connectivity index (χ4n) is 0.785. The van der Waals surface area contributed by atoms with E-state index in [0.29, 0.717) is 5.02 Å². The number of nitrogens with two attached hydrogens (primary N) is 1. The average molecular weight is 185 g/mol. The van der Waals surface area contributed by atoms with Crippen molar-refractivity contribution in [3.05, 3.63) is 33.7 Å². The van der Waals surface area contributed by atoms with Crippen molar-refractivity contribution < 1.29 is 4.79 Å². The summed E-state index contributed by atoms with van der Waals surface area (Å²) >= 11 is 5.57. The zero-order chi connectivity index (χ0) is 9.14. The summed E-state index contributed by atoms with van der Waals surface area (Å²) in [6.07, 6.45) is 0. The van der Waals surface area contributed by atoms with Gasteiger partial charge in [0.1, 0.15) is 5.69 Å². The lowest BCUT2D eigenvalue weighted by molar-refractivity contribution is 0.100. The summed E-state index contributed by atoms with van der Waals surface area (Å²) in [4.78, 5) is 20.8. The van der Waals surface area contributed by atoms with Crippen LogP contribution in [-0.2, 0) is 0 Å². The molecule has 0 aliphatic rings. The van der Waals surface area contributed by atoms with Crippen molar-refractivity contribution >= 4 is 23.2 Å². The van der Waals surface area contributed by atoms with Gasteiger partial charge in [0.25, 0.3) is 5.91 Å². The molecule has 0 bridgehead atoms. The third-order valence-corrected chi connectivity index (χ3v) is 1.56. The Balaban J connectivity index is 3.30. The summed E-state index contributed by atoms with van der Waals surface area (Å²) in [5, 5.41) is 2.97. The van der Waals surface area contributed by atoms with Crippen molar-refractivity contribution in [3.8, 4) is 0 Å². The van der Waals surface area contributed by atoms with Gasteiger partial charge in [-0.15, -0.1) is 4.91 Å². The first-order valence-corrected chi connectivity index (χ1v) is 3.45. The number of hydrogen-bond donors (Lipinski definition) is 1. The molecule has 62 valence electrons. The van der Waals surface area contributed by atoms with Crippen LogP contribution in [0.3, 0.4) is 0 Å². The number of benzene rings is 1. The molecule has 12 heavy (non-hydrogen) atoms. The average Bonchev–Trinajstić information content (AvgIpc) is 2.04. The quantitative estimate of drug-likeness (QED) is 0.713. The minimum atomic E-state index is -0.716. The summed E-state index contributed by atoms with van der Waals surface area (Å²) in [6, 6.07) is 4.11. The summed E-state index contributed by atoms with van der Waals surface area (Å²) in [6.45, 7) is 0. The van der Waals surface area contributed by atoms with Gasteiger partial charge in [-0.1, -0.05) is 11.6 Å². The Morgan fingerprint density at radius 2 is 2.17 bits per heavy atom. The molecule has 1 rings (SSSR count). The predicted octanol–water partition coefficient (Wildman–Crippen LogP) is 1.84. The van der Waals surface area contributed by atoms with Crippen molar-refractivity contribution in [1.82, 2.24) is 0 Å². The second-order valence-electron chi connectivity index (χ2n) is 2.12. The first-order chi connectivity index (χ1) is 5.65. The largest absolute Gasteiger partial charge is 0.366 e. The van der Waals surface area contributed by atoms with E-state index in [2.05, 4.69) is 5.18 Å². The molecule has 5 heteroatoms. The molecule has 0 spiro atoms. The Bertz CT molecular complexity index is 338. The highest BCUT2D eigenvalue weighted by Gasteiger charge is 2.08. The molecule has 0 radical (unpaired) electrons. The van der Waals surface area contributed by atoms with Crippen molar-refractivity contribution in [3.63, 3.8) is 0 Å². The molecule has 4 nitrogen and oxygen atoms in total. The van der Waals surface area contributed by atoms with Gasteiger partial charge in [-0.05, 0) is 23.4 Å². The second kappa shape index (κ2) is 3.32. The number of carbonyl (C=O) groups is 1. The molecule has 0 unspecified atom stereocenters. The van der Waals surface area contributed by atoms with Crippen molar-refractivity contribution in [2.45, 2.75) is 0 Å². The molecular weight excluding hydrogens is 180 g/mol. The summed E-state index contributed by atoms with van der Waals surface area (Å²) in [5.74, 6) is -0.716. The number of carbonyl (C=O) groups excluding carboxylic acids is 1. The number of nitroso groups, excluding NO2 is 1. The van der Waals surface area contributed by atoms with Gasteiger partial charge < -0.3 is 5.73 Å². The van der Waals surface area contributed by atoms with Crippen LogP contribution in [0, 0.1) is 4.91 Å². The normalized spacial score (nSPS) is 9.42. The molecule has 0 saturated carbocycles. The van der Waals surface area contributed by atoms with Gasteiger partial charge >= 0.3 is 0 Å². The molecule has 1 aromatic rings. The van der Waals surface area contributed by atoms with Crippen LogP contribution in [0.25, 0.3) is 0 Å². The van der Waals surface area contributed by atoms with E-state index in [0.717, 1.165) is 0 Å². The summed E-state index contributed by atoms with van der Waals surface area (Å²) in [5.41, 5.74) is 5.01. The van der Waals surface area contributed by atoms with Crippen LogP contribution in [0.1, 0.15) is 10.4 Å². The molecule has 0 aliphatic heterocycles. The molecule has 1 aromatic carbocycles. The van der Waals surface area contributed by atoms with E-state index in [1.165, 1.54) is 18.2 Å². The van der Waals surface area contributed by atoms with E-state index in [9.17, 15) is 9.70 Å². The zero-order valence-electron chi connectivity index (χ0n) is 5.95. The van der Waals surface area contributed by atoms with Gasteiger partial charge in [-0.25, -0.2) is 0 Å². The topological polar surface area (TPSA) is 72.5 Å². The number of nitrogens with zero attached hydrogens (tertiary/aromatic N) is 1. The standard InChI is InChI=1S/C7H5ClN2O2/c8-4-1-2-6(10-12)5(3-4)7(9)11/h1-3H,(H2,9,11). The molecule has 0 atom stereocenters. The Hall–Kier alpha value is -1.42. The molecule has 0 saturated heterocycles. The number of primary amides is 1. The van der Waals surface area contributed by atoms with Crippen LogP contribution in [0.5, 0.6) is 0 Å². The summed E-state index contributed by atoms with van der Waals surface area (Å²) < 4.78 is 0. The van der Waals surface area contributed by atoms with Gasteiger partial charge in [0, 0.05) is 5.02 Å². The lowest BCUT2D eigenvalue weighted by atomic mass is 10.2. The number of rotatable bonds is 2. The third-order valence-electron chi connectivity index (χ3n) is 1.32. The van der Waals surface area contributed by atoms with Crippen LogP contribution < -0.4 is 5.73 Å². The van der Waals surface area contributed by atoms with Gasteiger partial charge in [-0.2, -0.15) is 0 Å². The fourth-order valence-corrected chi connectivity index (χ4v) is 0.957. The van der Waals surface area contributed by atoms with Gasteiger partial charge in [0.15, 0.2) is 0 Å². The highest BCUT2D eigenvalue weighted by molar-refractivity contribution is 6.31. The highest BCUT2D eigenvalue weighted by atomic mass is 35.5. The number of hydrogen-bond acceptors (Lipinski definition) is 3. The Kier molecular flexibility index (Phi) is 2.40. The Morgan fingerprint density at radius 1 is 1.50 bits per heavy atom. The Morgan fingerprint density at radius 3 is 2.67 bits per heavy atom. The predicted molar refractivity (Wildman–Crippen MR) is 45.4 cm³/mol. The second-order valence-corrected chi connectivity index (χ2v) is 2.55. The zero-order valence-corrected chi connectivity index (χ0v) is 6.71. The van der Waals surface area contributed by atoms with E-state index in [1.54, 1.807) is 0 Å². The molecule has 0 fully saturated rings. The van der Waals surface area contributed by atoms with E-state index >= 15 is 0 Å².